The number of nitrogens with zero attached hydrogens (tertiary/aromatic N) is 7. The van der Waals surface area contributed by atoms with Gasteiger partial charge >= 0.3 is 0 Å². The summed E-state index contributed by atoms with van der Waals surface area (Å²) in [5.41, 5.74) is 9.91. The van der Waals surface area contributed by atoms with Gasteiger partial charge in [-0.25, -0.2) is 0 Å². The zero-order valence-electron chi connectivity index (χ0n) is 23.4. The molecule has 42 heavy (non-hydrogen) atoms. The third-order valence-corrected chi connectivity index (χ3v) is 10.4. The molecule has 0 saturated heterocycles. The number of aromatic nitrogens is 4. The molecule has 2 aromatic carbocycles. The van der Waals surface area contributed by atoms with E-state index in [1.165, 1.54) is 42.2 Å². The maximum Gasteiger partial charge on any atom is 0.183 e. The lowest BCUT2D eigenvalue weighted by Gasteiger charge is -2.12. The summed E-state index contributed by atoms with van der Waals surface area (Å²) in [6, 6.07) is 25.4. The number of nitriles is 1. The molecule has 0 aliphatic heterocycles. The fourth-order valence-electron chi connectivity index (χ4n) is 5.13. The van der Waals surface area contributed by atoms with Crippen LogP contribution >= 0.6 is 34.4 Å². The molecule has 0 saturated carbocycles. The van der Waals surface area contributed by atoms with Crippen LogP contribution in [0, 0.1) is 11.5 Å². The first kappa shape index (κ1) is 26.3. The zero-order chi connectivity index (χ0) is 29.0. The molecule has 0 aliphatic rings. The minimum atomic E-state index is 0.815. The summed E-state index contributed by atoms with van der Waals surface area (Å²) >= 11 is 4.81. The Morgan fingerprint density at radius 2 is 1.36 bits per heavy atom. The van der Waals surface area contributed by atoms with E-state index in [1.54, 1.807) is 18.4 Å². The highest BCUT2D eigenvalue weighted by atomic mass is 32.1. The second kappa shape index (κ2) is 10.4. The van der Waals surface area contributed by atoms with Gasteiger partial charge in [-0.05, 0) is 59.7 Å². The molecule has 206 valence electrons. The lowest BCUT2D eigenvalue weighted by atomic mass is 10.1. The molecule has 0 spiro atoms. The van der Waals surface area contributed by atoms with Crippen LogP contribution < -0.4 is 9.80 Å². The molecule has 5 aromatic heterocycles. The topological polar surface area (TPSA) is 73.9 Å². The molecule has 0 amide bonds. The van der Waals surface area contributed by atoms with Gasteiger partial charge in [-0.1, -0.05) is 24.3 Å². The number of benzene rings is 2. The summed E-state index contributed by atoms with van der Waals surface area (Å²) in [6.45, 7) is 0. The zero-order valence-corrected chi connectivity index (χ0v) is 25.8. The second-order valence-electron chi connectivity index (χ2n) is 10.2. The molecular formula is C32H25N7S3. The van der Waals surface area contributed by atoms with Crippen molar-refractivity contribution >= 4 is 66.2 Å². The highest BCUT2D eigenvalue weighted by Gasteiger charge is 2.20. The van der Waals surface area contributed by atoms with Gasteiger partial charge < -0.3 is 9.47 Å². The standard InChI is InChI=1S/C32H25N7S3/c1-37(2)21-9-7-20(8-10-21)26-15-28-29(40-26)16-27(41-28)23-17-34-31(32-30(23)35-42-36-32)25-14-13-24(39(25)4)19-5-11-22(12-6-19)38(3)18-33/h5-17H,1-4H3. The van der Waals surface area contributed by atoms with Crippen molar-refractivity contribution in [2.45, 2.75) is 0 Å². The van der Waals surface area contributed by atoms with Gasteiger partial charge in [-0.3, -0.25) is 9.88 Å². The van der Waals surface area contributed by atoms with Crippen LogP contribution in [-0.2, 0) is 7.05 Å². The maximum absolute atomic E-state index is 9.17. The first-order valence-corrected chi connectivity index (χ1v) is 15.6. The Labute approximate surface area is 255 Å². The van der Waals surface area contributed by atoms with Crippen molar-refractivity contribution in [2.24, 2.45) is 7.05 Å². The van der Waals surface area contributed by atoms with Crippen LogP contribution in [0.4, 0.5) is 11.4 Å². The van der Waals surface area contributed by atoms with Crippen LogP contribution in [0.15, 0.2) is 79.0 Å². The van der Waals surface area contributed by atoms with E-state index in [0.717, 1.165) is 49.8 Å². The predicted octanol–water partition coefficient (Wildman–Crippen LogP) is 8.35. The molecule has 5 heterocycles. The van der Waals surface area contributed by atoms with Crippen LogP contribution in [0.25, 0.3) is 64.0 Å². The van der Waals surface area contributed by atoms with Gasteiger partial charge in [0.1, 0.15) is 16.7 Å². The maximum atomic E-state index is 9.17. The average Bonchev–Trinajstić information content (AvgIpc) is 3.80. The van der Waals surface area contributed by atoms with Crippen molar-refractivity contribution < 1.29 is 0 Å². The first-order valence-electron chi connectivity index (χ1n) is 13.2. The highest BCUT2D eigenvalue weighted by Crippen LogP contribution is 2.44. The normalized spacial score (nSPS) is 11.3. The molecule has 7 rings (SSSR count). The number of thiophene rings is 2. The van der Waals surface area contributed by atoms with E-state index in [4.69, 9.17) is 14.6 Å². The molecule has 0 N–H and O–H groups in total. The largest absolute Gasteiger partial charge is 0.378 e. The Hall–Kier alpha value is -4.56. The van der Waals surface area contributed by atoms with E-state index in [1.807, 2.05) is 48.8 Å². The van der Waals surface area contributed by atoms with Gasteiger partial charge in [-0.15, -0.1) is 22.7 Å². The highest BCUT2D eigenvalue weighted by molar-refractivity contribution is 7.31. The van der Waals surface area contributed by atoms with Crippen molar-refractivity contribution in [2.75, 3.05) is 30.9 Å². The third kappa shape index (κ3) is 4.43. The van der Waals surface area contributed by atoms with Gasteiger partial charge in [0.25, 0.3) is 0 Å². The smallest absolute Gasteiger partial charge is 0.183 e. The van der Waals surface area contributed by atoms with Crippen LogP contribution in [0.1, 0.15) is 0 Å². The number of hydrogen-bond donors (Lipinski definition) is 0. The van der Waals surface area contributed by atoms with Crippen molar-refractivity contribution in [3.8, 4) is 49.7 Å². The number of hydrogen-bond acceptors (Lipinski definition) is 9. The number of rotatable bonds is 6. The lowest BCUT2D eigenvalue weighted by Crippen LogP contribution is -2.07. The summed E-state index contributed by atoms with van der Waals surface area (Å²) in [4.78, 5) is 11.0. The second-order valence-corrected chi connectivity index (χ2v) is 12.9. The molecule has 0 radical (unpaired) electrons. The molecule has 0 bridgehead atoms. The molecule has 7 aromatic rings. The van der Waals surface area contributed by atoms with Gasteiger partial charge in [0.2, 0.25) is 0 Å². The van der Waals surface area contributed by atoms with Crippen molar-refractivity contribution in [3.05, 3.63) is 79.0 Å². The van der Waals surface area contributed by atoms with Crippen molar-refractivity contribution in [1.29, 1.82) is 5.26 Å². The fraction of sp³-hybridized carbons (Fsp3) is 0.125. The molecule has 0 aliphatic carbocycles. The number of pyridine rings is 1. The summed E-state index contributed by atoms with van der Waals surface area (Å²) in [7, 11) is 7.91. The molecule has 7 nitrogen and oxygen atoms in total. The van der Waals surface area contributed by atoms with E-state index in [9.17, 15) is 0 Å². The average molecular weight is 604 g/mol. The van der Waals surface area contributed by atoms with E-state index in [2.05, 4.69) is 82.7 Å². The Morgan fingerprint density at radius 1 is 0.738 bits per heavy atom. The van der Waals surface area contributed by atoms with Crippen LogP contribution in [0.5, 0.6) is 0 Å². The monoisotopic (exact) mass is 603 g/mol. The van der Waals surface area contributed by atoms with E-state index < -0.39 is 0 Å². The summed E-state index contributed by atoms with van der Waals surface area (Å²) in [6.07, 6.45) is 4.07. The quantitative estimate of drug-likeness (QED) is 0.140. The van der Waals surface area contributed by atoms with Gasteiger partial charge in [0.15, 0.2) is 6.19 Å². The fourth-order valence-corrected chi connectivity index (χ4v) is 8.10. The first-order chi connectivity index (χ1) is 20.4. The molecule has 0 fully saturated rings. The van der Waals surface area contributed by atoms with E-state index in [0.29, 0.717) is 0 Å². The Kier molecular flexibility index (Phi) is 6.50. The number of fused-ring (bicyclic) bond motifs is 2. The third-order valence-electron chi connectivity index (χ3n) is 7.50. The lowest BCUT2D eigenvalue weighted by molar-refractivity contribution is 0.941. The molecular weight excluding hydrogens is 579 g/mol. The van der Waals surface area contributed by atoms with Gasteiger partial charge in [0, 0.05) is 70.5 Å². The SMILES string of the molecule is CN(C)c1ccc(-c2cc3sc(-c4cnc(-c5ccc(-c6ccc(N(C)C#N)cc6)n5C)c5nsnc45)cc3s2)cc1. The van der Waals surface area contributed by atoms with Crippen LogP contribution in [0.3, 0.4) is 0 Å². The van der Waals surface area contributed by atoms with Crippen molar-refractivity contribution in [3.63, 3.8) is 0 Å². The molecule has 0 atom stereocenters. The van der Waals surface area contributed by atoms with Crippen LogP contribution in [-0.4, -0.2) is 39.4 Å². The van der Waals surface area contributed by atoms with Crippen LogP contribution in [0.2, 0.25) is 0 Å². The Balaban J connectivity index is 1.21. The Morgan fingerprint density at radius 3 is 2.07 bits per heavy atom. The van der Waals surface area contributed by atoms with E-state index >= 15 is 0 Å². The Bertz CT molecular complexity index is 2070. The summed E-state index contributed by atoms with van der Waals surface area (Å²) in [5.74, 6) is 0. The number of anilines is 2. The van der Waals surface area contributed by atoms with E-state index in [-0.39, 0.29) is 0 Å². The van der Waals surface area contributed by atoms with Gasteiger partial charge in [0.05, 0.1) is 23.1 Å². The minimum absolute atomic E-state index is 0.815. The predicted molar refractivity (Wildman–Crippen MR) is 178 cm³/mol. The summed E-state index contributed by atoms with van der Waals surface area (Å²) < 4.78 is 14.1. The molecule has 0 unspecified atom stereocenters. The van der Waals surface area contributed by atoms with Gasteiger partial charge in [-0.2, -0.15) is 14.0 Å². The molecule has 10 heteroatoms. The minimum Gasteiger partial charge on any atom is -0.378 e. The van der Waals surface area contributed by atoms with Crippen molar-refractivity contribution in [1.82, 2.24) is 18.3 Å². The summed E-state index contributed by atoms with van der Waals surface area (Å²) in [5, 5.41) is 9.17.